The summed E-state index contributed by atoms with van der Waals surface area (Å²) >= 11 is 0. The normalized spacial score (nSPS) is 19.3. The first-order chi connectivity index (χ1) is 12.6. The number of H-pyrrole nitrogens is 1. The molecule has 1 amide bonds. The summed E-state index contributed by atoms with van der Waals surface area (Å²) in [6.45, 7) is 4.65. The molecule has 1 aromatic heterocycles. The average Bonchev–Trinajstić information content (AvgIpc) is 3.03. The molecule has 0 unspecified atom stereocenters. The Bertz CT molecular complexity index is 990. The van der Waals surface area contributed by atoms with Crippen LogP contribution in [0.3, 0.4) is 0 Å². The van der Waals surface area contributed by atoms with Gasteiger partial charge in [0.05, 0.1) is 23.9 Å². The molecule has 2 heterocycles. The first-order valence-electron chi connectivity index (χ1n) is 8.77. The van der Waals surface area contributed by atoms with Crippen molar-refractivity contribution in [1.82, 2.24) is 15.5 Å². The second-order valence-corrected chi connectivity index (χ2v) is 6.76. The molecule has 4 rings (SSSR count). The zero-order valence-corrected chi connectivity index (χ0v) is 14.8. The van der Waals surface area contributed by atoms with E-state index >= 15 is 0 Å². The van der Waals surface area contributed by atoms with E-state index < -0.39 is 0 Å². The molecule has 3 aromatic rings. The Morgan fingerprint density at radius 3 is 3.04 bits per heavy atom. The van der Waals surface area contributed by atoms with Gasteiger partial charge in [-0.05, 0) is 30.7 Å². The van der Waals surface area contributed by atoms with Gasteiger partial charge in [-0.15, -0.1) is 0 Å². The quantitative estimate of drug-likeness (QED) is 0.709. The molecule has 0 saturated carbocycles. The van der Waals surface area contributed by atoms with Gasteiger partial charge in [0.1, 0.15) is 5.75 Å². The van der Waals surface area contributed by atoms with Crippen molar-refractivity contribution < 1.29 is 9.53 Å². The fourth-order valence-corrected chi connectivity index (χ4v) is 3.36. The van der Waals surface area contributed by atoms with Gasteiger partial charge in [0, 0.05) is 22.9 Å². The lowest BCUT2D eigenvalue weighted by atomic mass is 9.92. The summed E-state index contributed by atoms with van der Waals surface area (Å²) in [7, 11) is 0. The third-order valence-electron chi connectivity index (χ3n) is 4.83. The summed E-state index contributed by atoms with van der Waals surface area (Å²) in [6, 6.07) is 13.8. The van der Waals surface area contributed by atoms with E-state index in [4.69, 9.17) is 4.74 Å². The van der Waals surface area contributed by atoms with E-state index in [0.717, 1.165) is 33.5 Å². The molecule has 0 radical (unpaired) electrons. The van der Waals surface area contributed by atoms with Crippen LogP contribution in [0.2, 0.25) is 0 Å². The second-order valence-electron chi connectivity index (χ2n) is 6.76. The molecule has 0 fully saturated rings. The van der Waals surface area contributed by atoms with E-state index in [-0.39, 0.29) is 17.9 Å². The van der Waals surface area contributed by atoms with Gasteiger partial charge in [-0.3, -0.25) is 9.89 Å². The van der Waals surface area contributed by atoms with Crippen LogP contribution in [0.15, 0.2) is 48.5 Å². The van der Waals surface area contributed by atoms with Crippen LogP contribution in [0.1, 0.15) is 29.8 Å². The highest BCUT2D eigenvalue weighted by Crippen LogP contribution is 2.34. The highest BCUT2D eigenvalue weighted by atomic mass is 16.5. The number of fused-ring (bicyclic) bond motifs is 2. The minimum Gasteiger partial charge on any atom is -0.493 e. The standard InChI is InChI=1S/C21H21N3O2/c1-13-12-26-19-6-4-3-5-17(19)21(13)22-20(25)10-8-15-7-9-16-14(2)23-24-18(16)11-15/h3-11,13,21H,12H2,1-2H3,(H,22,25)(H,23,24)/b10-8+/t13-,21+/m1/s1. The van der Waals surface area contributed by atoms with Crippen molar-refractivity contribution in [3.63, 3.8) is 0 Å². The van der Waals surface area contributed by atoms with Crippen LogP contribution in [0.5, 0.6) is 5.75 Å². The zero-order chi connectivity index (χ0) is 18.1. The lowest BCUT2D eigenvalue weighted by Crippen LogP contribution is -2.36. The van der Waals surface area contributed by atoms with E-state index in [1.54, 1.807) is 6.08 Å². The number of hydrogen-bond donors (Lipinski definition) is 2. The lowest BCUT2D eigenvalue weighted by Gasteiger charge is -2.31. The number of ether oxygens (including phenoxy) is 1. The van der Waals surface area contributed by atoms with Crippen LogP contribution < -0.4 is 10.1 Å². The molecule has 5 nitrogen and oxygen atoms in total. The molecule has 2 N–H and O–H groups in total. The fraction of sp³-hybridized carbons (Fsp3) is 0.238. The van der Waals surface area contributed by atoms with Crippen molar-refractivity contribution in [3.05, 3.63) is 65.4 Å². The Hall–Kier alpha value is -3.08. The number of aryl methyl sites for hydroxylation is 1. The third-order valence-corrected chi connectivity index (χ3v) is 4.83. The van der Waals surface area contributed by atoms with E-state index in [1.165, 1.54) is 0 Å². The molecule has 0 saturated heterocycles. The number of benzene rings is 2. The molecule has 2 atom stereocenters. The number of carbonyl (C=O) groups excluding carboxylic acids is 1. The van der Waals surface area contributed by atoms with Crippen LogP contribution in [-0.4, -0.2) is 22.7 Å². The van der Waals surface area contributed by atoms with Crippen LogP contribution in [0.25, 0.3) is 17.0 Å². The zero-order valence-electron chi connectivity index (χ0n) is 14.8. The topological polar surface area (TPSA) is 67.0 Å². The first kappa shape index (κ1) is 16.4. The van der Waals surface area contributed by atoms with Gasteiger partial charge in [0.2, 0.25) is 5.91 Å². The van der Waals surface area contributed by atoms with E-state index in [1.807, 2.05) is 55.5 Å². The maximum Gasteiger partial charge on any atom is 0.244 e. The number of nitrogens with one attached hydrogen (secondary N) is 2. The first-order valence-corrected chi connectivity index (χ1v) is 8.77. The molecule has 5 heteroatoms. The highest BCUT2D eigenvalue weighted by molar-refractivity contribution is 5.93. The monoisotopic (exact) mass is 347 g/mol. The second kappa shape index (κ2) is 6.67. The number of amides is 1. The molecule has 0 spiro atoms. The number of rotatable bonds is 3. The van der Waals surface area contributed by atoms with Crippen LogP contribution in [-0.2, 0) is 4.79 Å². The van der Waals surface area contributed by atoms with Gasteiger partial charge >= 0.3 is 0 Å². The third kappa shape index (κ3) is 3.08. The average molecular weight is 347 g/mol. The maximum absolute atomic E-state index is 12.4. The number of hydrogen-bond acceptors (Lipinski definition) is 3. The molecule has 26 heavy (non-hydrogen) atoms. The molecular weight excluding hydrogens is 326 g/mol. The number of para-hydroxylation sites is 1. The number of carbonyl (C=O) groups is 1. The lowest BCUT2D eigenvalue weighted by molar-refractivity contribution is -0.117. The van der Waals surface area contributed by atoms with Crippen molar-refractivity contribution in [1.29, 1.82) is 0 Å². The number of aromatic nitrogens is 2. The summed E-state index contributed by atoms with van der Waals surface area (Å²) in [5, 5.41) is 11.4. The Balaban J connectivity index is 1.50. The Kier molecular flexibility index (Phi) is 4.21. The van der Waals surface area contributed by atoms with E-state index in [9.17, 15) is 4.79 Å². The summed E-state index contributed by atoms with van der Waals surface area (Å²) in [5.41, 5.74) is 3.93. The summed E-state index contributed by atoms with van der Waals surface area (Å²) in [4.78, 5) is 12.4. The predicted molar refractivity (Wildman–Crippen MR) is 102 cm³/mol. The fourth-order valence-electron chi connectivity index (χ4n) is 3.36. The van der Waals surface area contributed by atoms with Gasteiger partial charge in [-0.1, -0.05) is 37.3 Å². The Morgan fingerprint density at radius 2 is 2.15 bits per heavy atom. The smallest absolute Gasteiger partial charge is 0.244 e. The van der Waals surface area contributed by atoms with Crippen molar-refractivity contribution in [2.24, 2.45) is 5.92 Å². The van der Waals surface area contributed by atoms with Gasteiger partial charge in [0.15, 0.2) is 0 Å². The predicted octanol–water partition coefficient (Wildman–Crippen LogP) is 3.77. The van der Waals surface area contributed by atoms with E-state index in [2.05, 4.69) is 22.4 Å². The van der Waals surface area contributed by atoms with Gasteiger partial charge in [0.25, 0.3) is 0 Å². The minimum absolute atomic E-state index is 0.0464. The summed E-state index contributed by atoms with van der Waals surface area (Å²) in [5.74, 6) is 0.950. The molecular formula is C21H21N3O2. The summed E-state index contributed by atoms with van der Waals surface area (Å²) in [6.07, 6.45) is 3.40. The van der Waals surface area contributed by atoms with Gasteiger partial charge in [-0.25, -0.2) is 0 Å². The Labute approximate surface area is 152 Å². The van der Waals surface area contributed by atoms with E-state index in [0.29, 0.717) is 6.61 Å². The van der Waals surface area contributed by atoms with Crippen LogP contribution in [0, 0.1) is 12.8 Å². The van der Waals surface area contributed by atoms with Crippen molar-refractivity contribution >= 4 is 22.9 Å². The molecule has 132 valence electrons. The highest BCUT2D eigenvalue weighted by Gasteiger charge is 2.28. The van der Waals surface area contributed by atoms with Crippen molar-refractivity contribution in [2.45, 2.75) is 19.9 Å². The minimum atomic E-state index is -0.112. The molecule has 2 aromatic carbocycles. The summed E-state index contributed by atoms with van der Waals surface area (Å²) < 4.78 is 5.74. The van der Waals surface area contributed by atoms with Crippen LogP contribution >= 0.6 is 0 Å². The molecule has 1 aliphatic rings. The van der Waals surface area contributed by atoms with Gasteiger partial charge < -0.3 is 10.1 Å². The van der Waals surface area contributed by atoms with Crippen molar-refractivity contribution in [3.8, 4) is 5.75 Å². The molecule has 1 aliphatic heterocycles. The van der Waals surface area contributed by atoms with Crippen molar-refractivity contribution in [2.75, 3.05) is 6.61 Å². The molecule has 0 aliphatic carbocycles. The number of aromatic amines is 1. The maximum atomic E-state index is 12.4. The Morgan fingerprint density at radius 1 is 1.31 bits per heavy atom. The SMILES string of the molecule is Cc1n[nH]c2cc(/C=C/C(=O)N[C@@H]3c4ccccc4OC[C@H]3C)ccc12. The van der Waals surface area contributed by atoms with Crippen LogP contribution in [0.4, 0.5) is 0 Å². The largest absolute Gasteiger partial charge is 0.493 e. The number of nitrogens with zero attached hydrogens (tertiary/aromatic N) is 1. The molecule has 0 bridgehead atoms. The van der Waals surface area contributed by atoms with Gasteiger partial charge in [-0.2, -0.15) is 5.10 Å².